The van der Waals surface area contributed by atoms with Gasteiger partial charge in [0.2, 0.25) is 0 Å². The van der Waals surface area contributed by atoms with Gasteiger partial charge in [-0.3, -0.25) is 9.36 Å². The molecule has 2 rings (SSSR count). The molecule has 0 aliphatic rings. The van der Waals surface area contributed by atoms with Crippen LogP contribution in [0.5, 0.6) is 0 Å². The Bertz CT molecular complexity index is 840. The topological polar surface area (TPSA) is 43.4 Å². The zero-order chi connectivity index (χ0) is 19.3. The van der Waals surface area contributed by atoms with E-state index in [-0.39, 0.29) is 6.61 Å². The van der Waals surface area contributed by atoms with Gasteiger partial charge < -0.3 is 4.52 Å². The highest BCUT2D eigenvalue weighted by atomic mass is 32.2. The molecule has 0 saturated carbocycles. The van der Waals surface area contributed by atoms with Crippen LogP contribution in [0.25, 0.3) is 0 Å². The number of benzene rings is 2. The van der Waals surface area contributed by atoms with Crippen molar-refractivity contribution in [3.05, 3.63) is 64.7 Å². The molecule has 2 aromatic rings. The van der Waals surface area contributed by atoms with E-state index in [2.05, 4.69) is 0 Å². The Labute approximate surface area is 165 Å². The summed E-state index contributed by atoms with van der Waals surface area (Å²) in [6, 6.07) is 12.7. The highest BCUT2D eigenvalue weighted by molar-refractivity contribution is 8.22. The number of thioether (sulfide) groups is 1. The molecule has 0 N–H and O–H groups in total. The third-order valence-electron chi connectivity index (χ3n) is 3.92. The first-order valence-electron chi connectivity index (χ1n) is 8.38. The summed E-state index contributed by atoms with van der Waals surface area (Å²) in [5, 5.41) is 0.432. The van der Waals surface area contributed by atoms with Gasteiger partial charge in [-0.1, -0.05) is 42.5 Å². The van der Waals surface area contributed by atoms with Crippen LogP contribution in [0.3, 0.4) is 0 Å². The zero-order valence-electron chi connectivity index (χ0n) is 15.4. The van der Waals surface area contributed by atoms with Crippen LogP contribution in [0.2, 0.25) is 0 Å². The van der Waals surface area contributed by atoms with E-state index >= 15 is 0 Å². The van der Waals surface area contributed by atoms with E-state index in [9.17, 15) is 9.36 Å². The molecule has 26 heavy (non-hydrogen) atoms. The number of hydrogen-bond acceptors (Lipinski definition) is 5. The third kappa shape index (κ3) is 4.72. The van der Waals surface area contributed by atoms with Gasteiger partial charge in [0.15, 0.2) is 0 Å². The molecule has 0 bridgehead atoms. The highest BCUT2D eigenvalue weighted by Gasteiger charge is 2.37. The van der Waals surface area contributed by atoms with E-state index < -0.39 is 12.9 Å². The summed E-state index contributed by atoms with van der Waals surface area (Å²) >= 11 is 6.71. The SMILES string of the molecule is CCOP(=O)(C(=O)c1c(C)cc(CSC(C)=S)cc1C)c1ccccc1. The van der Waals surface area contributed by atoms with E-state index in [1.165, 1.54) is 0 Å². The molecule has 0 spiro atoms. The lowest BCUT2D eigenvalue weighted by Gasteiger charge is -2.20. The molecule has 138 valence electrons. The Morgan fingerprint density at radius 1 is 1.15 bits per heavy atom. The van der Waals surface area contributed by atoms with Gasteiger partial charge in [0.05, 0.1) is 6.61 Å². The summed E-state index contributed by atoms with van der Waals surface area (Å²) < 4.78 is 19.9. The van der Waals surface area contributed by atoms with Crippen LogP contribution in [0.15, 0.2) is 42.5 Å². The monoisotopic (exact) mass is 406 g/mol. The van der Waals surface area contributed by atoms with Crippen molar-refractivity contribution in [3.8, 4) is 0 Å². The smallest absolute Gasteiger partial charge is 0.300 e. The van der Waals surface area contributed by atoms with Crippen LogP contribution in [-0.4, -0.2) is 16.3 Å². The lowest BCUT2D eigenvalue weighted by atomic mass is 10.0. The molecule has 0 heterocycles. The van der Waals surface area contributed by atoms with E-state index in [0.717, 1.165) is 26.6 Å². The standard InChI is InChI=1S/C20H23O3PS2/c1-5-23-24(22,18-9-7-6-8-10-18)20(21)19-14(2)11-17(12-15(19)3)13-26-16(4)25/h6-12H,5,13H2,1-4H3. The first-order valence-corrected chi connectivity index (χ1v) is 11.4. The van der Waals surface area contributed by atoms with Gasteiger partial charge in [0.25, 0.3) is 5.52 Å². The number of carbonyl (C=O) groups excluding carboxylic acids is 1. The summed E-state index contributed by atoms with van der Waals surface area (Å²) in [4.78, 5) is 13.3. The zero-order valence-corrected chi connectivity index (χ0v) is 18.0. The fraction of sp³-hybridized carbons (Fsp3) is 0.300. The normalized spacial score (nSPS) is 13.2. The maximum atomic E-state index is 13.5. The largest absolute Gasteiger partial charge is 0.320 e. The van der Waals surface area contributed by atoms with Crippen LogP contribution in [0.4, 0.5) is 0 Å². The highest BCUT2D eigenvalue weighted by Crippen LogP contribution is 2.50. The lowest BCUT2D eigenvalue weighted by Crippen LogP contribution is -2.17. The summed E-state index contributed by atoms with van der Waals surface area (Å²) in [6.07, 6.45) is 0. The second-order valence-electron chi connectivity index (χ2n) is 5.99. The summed E-state index contributed by atoms with van der Waals surface area (Å²) in [6.45, 7) is 7.60. The van der Waals surface area contributed by atoms with E-state index in [1.807, 2.05) is 39.0 Å². The predicted molar refractivity (Wildman–Crippen MR) is 115 cm³/mol. The van der Waals surface area contributed by atoms with Crippen molar-refractivity contribution in [2.24, 2.45) is 0 Å². The van der Waals surface area contributed by atoms with Crippen LogP contribution in [-0.2, 0) is 14.8 Å². The summed E-state index contributed by atoms with van der Waals surface area (Å²) in [5.74, 6) is 0.757. The number of thiocarbonyl (C=S) groups is 1. The van der Waals surface area contributed by atoms with E-state index in [0.29, 0.717) is 10.9 Å². The maximum absolute atomic E-state index is 13.5. The minimum Gasteiger partial charge on any atom is -0.320 e. The molecule has 0 saturated heterocycles. The average molecular weight is 407 g/mol. The molecule has 6 heteroatoms. The van der Waals surface area contributed by atoms with Crippen molar-refractivity contribution >= 4 is 46.4 Å². The Hall–Kier alpha value is -1.26. The van der Waals surface area contributed by atoms with Gasteiger partial charge in [-0.15, -0.1) is 11.8 Å². The van der Waals surface area contributed by atoms with Crippen molar-refractivity contribution in [1.29, 1.82) is 0 Å². The minimum atomic E-state index is -3.65. The maximum Gasteiger partial charge on any atom is 0.300 e. The molecule has 3 nitrogen and oxygen atoms in total. The summed E-state index contributed by atoms with van der Waals surface area (Å²) in [7, 11) is -3.65. The van der Waals surface area contributed by atoms with Crippen molar-refractivity contribution in [3.63, 3.8) is 0 Å². The van der Waals surface area contributed by atoms with E-state index in [4.69, 9.17) is 16.7 Å². The van der Waals surface area contributed by atoms with Gasteiger partial charge >= 0.3 is 7.37 Å². The number of aryl methyl sites for hydroxylation is 2. The van der Waals surface area contributed by atoms with Gasteiger partial charge in [-0.05, 0) is 56.5 Å². The van der Waals surface area contributed by atoms with Gasteiger partial charge in [-0.2, -0.15) is 0 Å². The van der Waals surface area contributed by atoms with E-state index in [1.54, 1.807) is 43.0 Å². The van der Waals surface area contributed by atoms with Crippen LogP contribution >= 0.6 is 31.3 Å². The fourth-order valence-corrected chi connectivity index (χ4v) is 5.65. The molecule has 0 radical (unpaired) electrons. The second kappa shape index (κ2) is 9.09. The fourth-order valence-electron chi connectivity index (χ4n) is 2.86. The molecule has 0 aliphatic carbocycles. The first-order chi connectivity index (χ1) is 12.3. The Morgan fingerprint density at radius 2 is 1.73 bits per heavy atom. The van der Waals surface area contributed by atoms with Gasteiger partial charge in [-0.25, -0.2) is 0 Å². The van der Waals surface area contributed by atoms with Crippen molar-refractivity contribution in [1.82, 2.24) is 0 Å². The third-order valence-corrected chi connectivity index (χ3v) is 7.52. The quantitative estimate of drug-likeness (QED) is 0.438. The van der Waals surface area contributed by atoms with Crippen molar-refractivity contribution in [2.75, 3.05) is 6.61 Å². The number of carbonyl (C=O) groups is 1. The minimum absolute atomic E-state index is 0.207. The van der Waals surface area contributed by atoms with Crippen molar-refractivity contribution < 1.29 is 13.9 Å². The molecule has 0 amide bonds. The van der Waals surface area contributed by atoms with Crippen LogP contribution < -0.4 is 5.30 Å². The lowest BCUT2D eigenvalue weighted by molar-refractivity contribution is 0.105. The predicted octanol–water partition coefficient (Wildman–Crippen LogP) is 5.66. The Morgan fingerprint density at radius 3 is 2.23 bits per heavy atom. The molecule has 0 aromatic heterocycles. The molecule has 1 unspecified atom stereocenters. The number of rotatable bonds is 7. The second-order valence-corrected chi connectivity index (χ2v) is 10.3. The molecule has 0 fully saturated rings. The molecule has 0 aliphatic heterocycles. The van der Waals surface area contributed by atoms with Gasteiger partial charge in [0, 0.05) is 20.8 Å². The Kier molecular flexibility index (Phi) is 7.36. The molecule has 2 aromatic carbocycles. The Balaban J connectivity index is 2.47. The number of hydrogen-bond donors (Lipinski definition) is 0. The van der Waals surface area contributed by atoms with Crippen LogP contribution in [0, 0.1) is 13.8 Å². The molecule has 1 atom stereocenters. The molecular formula is C20H23O3PS2. The average Bonchev–Trinajstić information content (AvgIpc) is 2.60. The van der Waals surface area contributed by atoms with Crippen LogP contribution in [0.1, 0.15) is 40.9 Å². The first kappa shape index (κ1) is 21.0. The summed E-state index contributed by atoms with van der Waals surface area (Å²) in [5.41, 5.74) is 2.76. The van der Waals surface area contributed by atoms with Gasteiger partial charge in [0.1, 0.15) is 0 Å². The van der Waals surface area contributed by atoms with Crippen molar-refractivity contribution in [2.45, 2.75) is 33.4 Å². The molecular weight excluding hydrogens is 383 g/mol.